The predicted molar refractivity (Wildman–Crippen MR) is 151 cm³/mol. The number of carbonyl (C=O) groups excluding carboxylic acids is 3. The van der Waals surface area contributed by atoms with Gasteiger partial charge in [-0.2, -0.15) is 0 Å². The average molecular weight is 584 g/mol. The van der Waals surface area contributed by atoms with Gasteiger partial charge in [0.15, 0.2) is 5.11 Å². The molecule has 0 aliphatic heterocycles. The maximum atomic E-state index is 12.6. The first kappa shape index (κ1) is 27.8. The Morgan fingerprint density at radius 2 is 1.35 bits per heavy atom. The van der Waals surface area contributed by atoms with Gasteiger partial charge in [-0.15, -0.1) is 0 Å². The third kappa shape index (κ3) is 7.61. The molecule has 0 aromatic heterocycles. The van der Waals surface area contributed by atoms with Gasteiger partial charge in [-0.25, -0.2) is 0 Å². The molecule has 37 heavy (non-hydrogen) atoms. The van der Waals surface area contributed by atoms with Crippen LogP contribution in [0, 0.1) is 0 Å². The number of carbonyl (C=O) groups is 3. The summed E-state index contributed by atoms with van der Waals surface area (Å²) in [6.07, 6.45) is 0. The molecule has 0 radical (unpaired) electrons. The highest BCUT2D eigenvalue weighted by molar-refractivity contribution is 9.10. The Kier molecular flexibility index (Phi) is 9.01. The molecule has 0 atom stereocenters. The van der Waals surface area contributed by atoms with Gasteiger partial charge < -0.3 is 10.1 Å². The number of hydrogen-bond donors (Lipinski definition) is 4. The van der Waals surface area contributed by atoms with E-state index in [4.69, 9.17) is 17.0 Å². The van der Waals surface area contributed by atoms with Crippen LogP contribution in [0.5, 0.6) is 5.75 Å². The lowest BCUT2D eigenvalue weighted by Crippen LogP contribution is -2.48. The molecule has 3 rings (SSSR count). The van der Waals surface area contributed by atoms with Crippen LogP contribution in [0.25, 0.3) is 0 Å². The highest BCUT2D eigenvalue weighted by Crippen LogP contribution is 2.25. The minimum atomic E-state index is -0.473. The van der Waals surface area contributed by atoms with Gasteiger partial charge in [0.05, 0.1) is 11.6 Å². The molecule has 3 aromatic rings. The molecule has 4 N–H and O–H groups in total. The number of methoxy groups -OCH3 is 1. The Morgan fingerprint density at radius 1 is 0.784 bits per heavy atom. The Bertz CT molecular complexity index is 1320. The van der Waals surface area contributed by atoms with Crippen molar-refractivity contribution in [1.29, 1.82) is 0 Å². The summed E-state index contributed by atoms with van der Waals surface area (Å²) in [6, 6.07) is 18.7. The average Bonchev–Trinajstić information content (AvgIpc) is 2.87. The molecular weight excluding hydrogens is 556 g/mol. The first-order valence-corrected chi connectivity index (χ1v) is 12.4. The van der Waals surface area contributed by atoms with Crippen molar-refractivity contribution in [3.63, 3.8) is 0 Å². The zero-order valence-electron chi connectivity index (χ0n) is 20.8. The number of ether oxygens (including phenoxy) is 1. The minimum absolute atomic E-state index is 0.00352. The van der Waals surface area contributed by atoms with E-state index in [1.54, 1.807) is 54.6 Å². The Balaban J connectivity index is 1.50. The second-order valence-corrected chi connectivity index (χ2v) is 10.3. The standard InChI is InChI=1S/C27H27BrN4O4S/c1-27(2,3)19-10-5-16(6-11-19)23(33)29-20-12-7-17(8-13-20)25(35)31-32-26(37)30-24(34)18-9-14-22(36-4)21(28)15-18/h5-15H,1-4H3,(H,29,33)(H,31,35)(H2,30,32,34,37). The number of hydrazine groups is 1. The molecule has 8 nitrogen and oxygen atoms in total. The summed E-state index contributed by atoms with van der Waals surface area (Å²) in [5.41, 5.74) is 7.83. The zero-order valence-corrected chi connectivity index (χ0v) is 23.2. The fraction of sp³-hybridized carbons (Fsp3) is 0.185. The second-order valence-electron chi connectivity index (χ2n) is 9.07. The van der Waals surface area contributed by atoms with Crippen molar-refractivity contribution in [2.75, 3.05) is 12.4 Å². The van der Waals surface area contributed by atoms with Crippen molar-refractivity contribution in [3.8, 4) is 5.75 Å². The van der Waals surface area contributed by atoms with E-state index >= 15 is 0 Å². The highest BCUT2D eigenvalue weighted by Gasteiger charge is 2.15. The van der Waals surface area contributed by atoms with Gasteiger partial charge in [-0.3, -0.25) is 30.6 Å². The van der Waals surface area contributed by atoms with Crippen molar-refractivity contribution < 1.29 is 19.1 Å². The molecule has 10 heteroatoms. The van der Waals surface area contributed by atoms with E-state index in [1.807, 2.05) is 12.1 Å². The molecule has 0 aliphatic carbocycles. The summed E-state index contributed by atoms with van der Waals surface area (Å²) in [7, 11) is 1.53. The van der Waals surface area contributed by atoms with Crippen LogP contribution in [-0.4, -0.2) is 29.9 Å². The van der Waals surface area contributed by atoms with Crippen molar-refractivity contribution in [2.45, 2.75) is 26.2 Å². The number of benzene rings is 3. The van der Waals surface area contributed by atoms with Gasteiger partial charge in [-0.05, 0) is 93.7 Å². The van der Waals surface area contributed by atoms with E-state index in [0.717, 1.165) is 5.56 Å². The van der Waals surface area contributed by atoms with Crippen molar-refractivity contribution in [2.24, 2.45) is 0 Å². The third-order valence-electron chi connectivity index (χ3n) is 5.35. The van der Waals surface area contributed by atoms with Gasteiger partial charge in [0.2, 0.25) is 0 Å². The predicted octanol–water partition coefficient (Wildman–Crippen LogP) is 4.96. The van der Waals surface area contributed by atoms with Gasteiger partial charge in [0, 0.05) is 22.4 Å². The summed E-state index contributed by atoms with van der Waals surface area (Å²) in [4.78, 5) is 37.4. The Labute approximate surface area is 229 Å². The smallest absolute Gasteiger partial charge is 0.269 e. The quantitative estimate of drug-likeness (QED) is 0.250. The number of hydrogen-bond acceptors (Lipinski definition) is 5. The number of rotatable bonds is 5. The molecule has 0 spiro atoms. The molecule has 0 saturated carbocycles. The van der Waals surface area contributed by atoms with E-state index < -0.39 is 11.8 Å². The molecule has 0 bridgehead atoms. The van der Waals surface area contributed by atoms with Gasteiger partial charge in [0.1, 0.15) is 5.75 Å². The lowest BCUT2D eigenvalue weighted by atomic mass is 9.87. The van der Waals surface area contributed by atoms with Crippen LogP contribution < -0.4 is 26.2 Å². The largest absolute Gasteiger partial charge is 0.496 e. The topological polar surface area (TPSA) is 109 Å². The van der Waals surface area contributed by atoms with E-state index in [1.165, 1.54) is 7.11 Å². The highest BCUT2D eigenvalue weighted by atomic mass is 79.9. The fourth-order valence-corrected chi connectivity index (χ4v) is 3.91. The van der Waals surface area contributed by atoms with Crippen molar-refractivity contribution >= 4 is 56.7 Å². The third-order valence-corrected chi connectivity index (χ3v) is 6.17. The monoisotopic (exact) mass is 582 g/mol. The number of amides is 3. The van der Waals surface area contributed by atoms with Crippen molar-refractivity contribution in [1.82, 2.24) is 16.2 Å². The summed E-state index contributed by atoms with van der Waals surface area (Å²) in [6.45, 7) is 6.34. The summed E-state index contributed by atoms with van der Waals surface area (Å²) < 4.78 is 5.76. The lowest BCUT2D eigenvalue weighted by molar-refractivity contribution is 0.0934. The Hall–Kier alpha value is -3.76. The molecule has 192 valence electrons. The minimum Gasteiger partial charge on any atom is -0.496 e. The molecule has 0 heterocycles. The molecule has 3 aromatic carbocycles. The van der Waals surface area contributed by atoms with Crippen LogP contribution in [0.3, 0.4) is 0 Å². The van der Waals surface area contributed by atoms with Crippen LogP contribution in [0.4, 0.5) is 5.69 Å². The number of thiocarbonyl (C=S) groups is 1. The molecule has 3 amide bonds. The second kappa shape index (κ2) is 12.0. The molecule has 0 fully saturated rings. The van der Waals surface area contributed by atoms with Crippen LogP contribution in [0.15, 0.2) is 71.2 Å². The maximum absolute atomic E-state index is 12.6. The van der Waals surface area contributed by atoms with Crippen LogP contribution in [0.2, 0.25) is 0 Å². The molecule has 0 unspecified atom stereocenters. The number of halogens is 1. The van der Waals surface area contributed by atoms with Crippen LogP contribution in [-0.2, 0) is 5.41 Å². The number of anilines is 1. The van der Waals surface area contributed by atoms with Crippen LogP contribution >= 0.6 is 28.1 Å². The maximum Gasteiger partial charge on any atom is 0.269 e. The van der Waals surface area contributed by atoms with E-state index in [2.05, 4.69) is 58.2 Å². The van der Waals surface area contributed by atoms with E-state index in [-0.39, 0.29) is 16.4 Å². The van der Waals surface area contributed by atoms with Crippen molar-refractivity contribution in [3.05, 3.63) is 93.5 Å². The number of nitrogens with one attached hydrogen (secondary N) is 4. The SMILES string of the molecule is COc1ccc(C(=O)NC(=S)NNC(=O)c2ccc(NC(=O)c3ccc(C(C)(C)C)cc3)cc2)cc1Br. The normalized spacial score (nSPS) is 10.7. The summed E-state index contributed by atoms with van der Waals surface area (Å²) >= 11 is 8.40. The first-order chi connectivity index (χ1) is 17.5. The fourth-order valence-electron chi connectivity index (χ4n) is 3.23. The zero-order chi connectivity index (χ0) is 27.2. The summed E-state index contributed by atoms with van der Waals surface area (Å²) in [5, 5.41) is 5.22. The molecular formula is C27H27BrN4O4S. The van der Waals surface area contributed by atoms with Gasteiger partial charge >= 0.3 is 0 Å². The lowest BCUT2D eigenvalue weighted by Gasteiger charge is -2.19. The van der Waals surface area contributed by atoms with E-state index in [9.17, 15) is 14.4 Å². The Morgan fingerprint density at radius 3 is 1.92 bits per heavy atom. The van der Waals surface area contributed by atoms with E-state index in [0.29, 0.717) is 32.6 Å². The summed E-state index contributed by atoms with van der Waals surface area (Å²) in [5.74, 6) is -0.586. The molecule has 0 aliphatic rings. The van der Waals surface area contributed by atoms with Gasteiger partial charge in [0.25, 0.3) is 17.7 Å². The first-order valence-electron chi connectivity index (χ1n) is 11.2. The van der Waals surface area contributed by atoms with Crippen LogP contribution in [0.1, 0.15) is 57.4 Å². The molecule has 0 saturated heterocycles. The van der Waals surface area contributed by atoms with Gasteiger partial charge in [-0.1, -0.05) is 32.9 Å².